The molecule has 0 aliphatic rings. The van der Waals surface area contributed by atoms with E-state index in [1.165, 1.54) is 23.8 Å². The molecule has 2 N–H and O–H groups in total. The molecule has 0 spiro atoms. The lowest BCUT2D eigenvalue weighted by atomic mass is 10.0. The van der Waals surface area contributed by atoms with Crippen molar-refractivity contribution in [2.45, 2.75) is 40.0 Å². The van der Waals surface area contributed by atoms with Gasteiger partial charge in [-0.2, -0.15) is 0 Å². The molecule has 0 aliphatic carbocycles. The van der Waals surface area contributed by atoms with E-state index < -0.39 is 11.6 Å². The van der Waals surface area contributed by atoms with Crippen LogP contribution in [0.2, 0.25) is 0 Å². The molecule has 0 saturated carbocycles. The van der Waals surface area contributed by atoms with Crippen LogP contribution in [0.1, 0.15) is 49.5 Å². The van der Waals surface area contributed by atoms with Gasteiger partial charge in [0.1, 0.15) is 17.9 Å². The summed E-state index contributed by atoms with van der Waals surface area (Å²) >= 11 is 0. The number of carbonyl (C=O) groups excluding carboxylic acids is 1. The first-order valence-electron chi connectivity index (χ1n) is 9.19. The number of hydrogen-bond acceptors (Lipinski definition) is 6. The fraction of sp³-hybridized carbons (Fsp3) is 0.364. The molecule has 1 heterocycles. The molecular formula is C22H26O6. The second-order valence-corrected chi connectivity index (χ2v) is 6.83. The van der Waals surface area contributed by atoms with Gasteiger partial charge in [-0.15, -0.1) is 0 Å². The molecule has 0 amide bonds. The summed E-state index contributed by atoms with van der Waals surface area (Å²) in [5.74, 6) is -0.987. The molecule has 6 nitrogen and oxygen atoms in total. The van der Waals surface area contributed by atoms with Gasteiger partial charge in [0.2, 0.25) is 0 Å². The van der Waals surface area contributed by atoms with Crippen molar-refractivity contribution in [1.82, 2.24) is 0 Å². The zero-order chi connectivity index (χ0) is 20.7. The zero-order valence-corrected chi connectivity index (χ0v) is 16.4. The van der Waals surface area contributed by atoms with Crippen LogP contribution in [0.15, 0.2) is 50.7 Å². The highest BCUT2D eigenvalue weighted by Gasteiger charge is 2.20. The standard InChI is InChI=1S/C22H26O6/c1-14(2)6-4-7-15(3)10-11-17-20(24)19-16(21(25)27-13-12-23)8-5-9-18(19)28-22(17)26/h5-6,8-10,23-24H,4,7,11-13H2,1-3H3/b15-10+. The Kier molecular flexibility index (Phi) is 7.58. The Hall–Kier alpha value is -2.86. The number of hydrogen-bond donors (Lipinski definition) is 2. The van der Waals surface area contributed by atoms with Gasteiger partial charge in [-0.25, -0.2) is 9.59 Å². The largest absolute Gasteiger partial charge is 0.507 e. The minimum atomic E-state index is -0.705. The van der Waals surface area contributed by atoms with E-state index in [1.54, 1.807) is 0 Å². The Morgan fingerprint density at radius 2 is 1.96 bits per heavy atom. The minimum Gasteiger partial charge on any atom is -0.507 e. The van der Waals surface area contributed by atoms with Crippen molar-refractivity contribution in [3.63, 3.8) is 0 Å². The number of benzene rings is 1. The first-order chi connectivity index (χ1) is 13.3. The van der Waals surface area contributed by atoms with Crippen molar-refractivity contribution in [1.29, 1.82) is 0 Å². The van der Waals surface area contributed by atoms with E-state index in [0.29, 0.717) is 0 Å². The van der Waals surface area contributed by atoms with Gasteiger partial charge < -0.3 is 19.4 Å². The van der Waals surface area contributed by atoms with Gasteiger partial charge in [-0.1, -0.05) is 29.4 Å². The summed E-state index contributed by atoms with van der Waals surface area (Å²) in [5.41, 5.74) is 1.98. The summed E-state index contributed by atoms with van der Waals surface area (Å²) in [6.45, 7) is 5.59. The van der Waals surface area contributed by atoms with Crippen molar-refractivity contribution in [2.75, 3.05) is 13.2 Å². The lowest BCUT2D eigenvalue weighted by Crippen LogP contribution is -2.12. The topological polar surface area (TPSA) is 97.0 Å². The van der Waals surface area contributed by atoms with Crippen molar-refractivity contribution < 1.29 is 24.2 Å². The third kappa shape index (κ3) is 5.33. The summed E-state index contributed by atoms with van der Waals surface area (Å²) in [7, 11) is 0. The van der Waals surface area contributed by atoms with Crippen LogP contribution in [0.25, 0.3) is 11.0 Å². The quantitative estimate of drug-likeness (QED) is 0.406. The highest BCUT2D eigenvalue weighted by molar-refractivity contribution is 6.05. The minimum absolute atomic E-state index is 0.0812. The first-order valence-corrected chi connectivity index (χ1v) is 9.19. The van der Waals surface area contributed by atoms with Gasteiger partial charge in [0.15, 0.2) is 0 Å². The van der Waals surface area contributed by atoms with Crippen LogP contribution in [-0.2, 0) is 11.2 Å². The van der Waals surface area contributed by atoms with Crippen LogP contribution in [0.5, 0.6) is 5.75 Å². The number of ether oxygens (including phenoxy) is 1. The lowest BCUT2D eigenvalue weighted by Gasteiger charge is -2.10. The fourth-order valence-corrected chi connectivity index (χ4v) is 2.80. The van der Waals surface area contributed by atoms with E-state index in [-0.39, 0.29) is 47.5 Å². The maximum absolute atomic E-state index is 12.3. The van der Waals surface area contributed by atoms with E-state index >= 15 is 0 Å². The molecule has 150 valence electrons. The van der Waals surface area contributed by atoms with Crippen LogP contribution >= 0.6 is 0 Å². The Morgan fingerprint density at radius 1 is 1.21 bits per heavy atom. The molecule has 0 fully saturated rings. The number of carbonyl (C=O) groups is 1. The number of fused-ring (bicyclic) bond motifs is 1. The van der Waals surface area contributed by atoms with Crippen LogP contribution in [0.4, 0.5) is 0 Å². The van der Waals surface area contributed by atoms with E-state index in [2.05, 4.69) is 6.08 Å². The van der Waals surface area contributed by atoms with E-state index in [1.807, 2.05) is 26.8 Å². The van der Waals surface area contributed by atoms with Crippen LogP contribution in [-0.4, -0.2) is 29.4 Å². The van der Waals surface area contributed by atoms with Gasteiger partial charge in [0.25, 0.3) is 0 Å². The van der Waals surface area contributed by atoms with Crippen molar-refractivity contribution in [3.8, 4) is 5.75 Å². The number of allylic oxidation sites excluding steroid dienone is 4. The van der Waals surface area contributed by atoms with Gasteiger partial charge in [0.05, 0.1) is 23.1 Å². The molecule has 0 saturated heterocycles. The zero-order valence-electron chi connectivity index (χ0n) is 16.4. The number of aliphatic hydroxyl groups excluding tert-OH is 1. The third-order valence-corrected chi connectivity index (χ3v) is 4.29. The number of rotatable bonds is 8. The van der Waals surface area contributed by atoms with Crippen molar-refractivity contribution >= 4 is 16.9 Å². The lowest BCUT2D eigenvalue weighted by molar-refractivity contribution is 0.0435. The predicted molar refractivity (Wildman–Crippen MR) is 108 cm³/mol. The molecule has 6 heteroatoms. The van der Waals surface area contributed by atoms with Gasteiger partial charge >= 0.3 is 11.6 Å². The summed E-state index contributed by atoms with van der Waals surface area (Å²) in [4.78, 5) is 24.5. The average molecular weight is 386 g/mol. The maximum Gasteiger partial charge on any atom is 0.343 e. The number of esters is 1. The molecule has 1 aromatic carbocycles. The summed E-state index contributed by atoms with van der Waals surface area (Å²) in [6.07, 6.45) is 5.98. The van der Waals surface area contributed by atoms with E-state index in [9.17, 15) is 14.7 Å². The van der Waals surface area contributed by atoms with Gasteiger partial charge in [0, 0.05) is 6.42 Å². The molecule has 1 aromatic heterocycles. The number of aromatic hydroxyl groups is 1. The smallest absolute Gasteiger partial charge is 0.343 e. The Labute approximate surface area is 163 Å². The van der Waals surface area contributed by atoms with E-state index in [4.69, 9.17) is 14.3 Å². The SMILES string of the molecule is CC(C)=CCC/C(C)=C/Cc1c(O)c2c(C(=O)OCCO)cccc2oc1=O. The first kappa shape index (κ1) is 21.4. The second kappa shape index (κ2) is 9.90. The second-order valence-electron chi connectivity index (χ2n) is 6.83. The van der Waals surface area contributed by atoms with Crippen LogP contribution in [0, 0.1) is 0 Å². The Bertz CT molecular complexity index is 961. The fourth-order valence-electron chi connectivity index (χ4n) is 2.80. The van der Waals surface area contributed by atoms with Crippen LogP contribution < -0.4 is 5.63 Å². The van der Waals surface area contributed by atoms with Gasteiger partial charge in [-0.3, -0.25) is 0 Å². The third-order valence-electron chi connectivity index (χ3n) is 4.29. The highest BCUT2D eigenvalue weighted by Crippen LogP contribution is 2.30. The molecule has 0 atom stereocenters. The summed E-state index contributed by atoms with van der Waals surface area (Å²) in [5, 5.41) is 19.7. The maximum atomic E-state index is 12.3. The summed E-state index contributed by atoms with van der Waals surface area (Å²) in [6, 6.07) is 4.52. The Morgan fingerprint density at radius 3 is 2.64 bits per heavy atom. The molecule has 2 rings (SSSR count). The number of aliphatic hydroxyl groups is 1. The molecule has 0 bridgehead atoms. The Balaban J connectivity index is 2.38. The molecule has 2 aromatic rings. The average Bonchev–Trinajstić information content (AvgIpc) is 2.65. The highest BCUT2D eigenvalue weighted by atomic mass is 16.5. The monoisotopic (exact) mass is 386 g/mol. The molecular weight excluding hydrogens is 360 g/mol. The van der Waals surface area contributed by atoms with Crippen molar-refractivity contribution in [3.05, 3.63) is 63.0 Å². The molecule has 0 radical (unpaired) electrons. The molecule has 0 aliphatic heterocycles. The predicted octanol–water partition coefficient (Wildman–Crippen LogP) is 3.88. The molecule has 0 unspecified atom stereocenters. The van der Waals surface area contributed by atoms with E-state index in [0.717, 1.165) is 18.4 Å². The van der Waals surface area contributed by atoms with Gasteiger partial charge in [-0.05, 0) is 45.7 Å². The van der Waals surface area contributed by atoms with Crippen LogP contribution in [0.3, 0.4) is 0 Å². The molecule has 28 heavy (non-hydrogen) atoms. The van der Waals surface area contributed by atoms with Crippen molar-refractivity contribution in [2.24, 2.45) is 0 Å². The normalized spacial score (nSPS) is 11.5. The summed E-state index contributed by atoms with van der Waals surface area (Å²) < 4.78 is 10.2.